The number of carbonyl (C=O) groups is 1. The molecule has 2 aromatic rings. The Kier molecular flexibility index (Phi) is 7.33. The molecule has 2 aliphatic heterocycles. The Hall–Kier alpha value is -2.70. The summed E-state index contributed by atoms with van der Waals surface area (Å²) in [5.41, 5.74) is 2.30. The van der Waals surface area contributed by atoms with Gasteiger partial charge in [-0.25, -0.2) is 4.39 Å². The van der Waals surface area contributed by atoms with E-state index in [1.165, 1.54) is 27.5 Å². The first kappa shape index (κ1) is 21.5. The zero-order chi connectivity index (χ0) is 21.5. The summed E-state index contributed by atoms with van der Waals surface area (Å²) in [7, 11) is 0. The Morgan fingerprint density at radius 2 is 1.52 bits per heavy atom. The smallest absolute Gasteiger partial charge is 0.278 e. The molecule has 0 atom stereocenters. The average molecular weight is 425 g/mol. The summed E-state index contributed by atoms with van der Waals surface area (Å²) < 4.78 is 13.1. The molecule has 4 rings (SSSR count). The van der Waals surface area contributed by atoms with E-state index in [0.717, 1.165) is 64.6 Å². The van der Waals surface area contributed by atoms with Crippen LogP contribution in [0.5, 0.6) is 0 Å². The topological polar surface area (TPSA) is 32.4 Å². The number of quaternary nitrogens is 2. The summed E-state index contributed by atoms with van der Waals surface area (Å²) >= 11 is 0. The van der Waals surface area contributed by atoms with Crippen molar-refractivity contribution in [1.82, 2.24) is 4.90 Å². The predicted molar refractivity (Wildman–Crippen MR) is 122 cm³/mol. The third kappa shape index (κ3) is 6.15. The Bertz CT molecular complexity index is 855. The van der Waals surface area contributed by atoms with Crippen LogP contribution in [-0.4, -0.2) is 76.3 Å². The number of hydrogen-bond donors (Lipinski definition) is 2. The fourth-order valence-electron chi connectivity index (χ4n) is 4.44. The first-order valence-corrected chi connectivity index (χ1v) is 11.3. The molecule has 0 unspecified atom stereocenters. The lowest BCUT2D eigenvalue weighted by Gasteiger charge is -2.35. The van der Waals surface area contributed by atoms with E-state index >= 15 is 0 Å². The third-order valence-corrected chi connectivity index (χ3v) is 6.40. The SMILES string of the molecule is O=C(C[NH+]1CCN(c2ccc(F)cc2)CC1)N1CC[NH+](C/C=C/c2ccccc2)CC1. The summed E-state index contributed by atoms with van der Waals surface area (Å²) in [6.07, 6.45) is 4.42. The normalized spacial score (nSPS) is 18.6. The van der Waals surface area contributed by atoms with Crippen LogP contribution >= 0.6 is 0 Å². The van der Waals surface area contributed by atoms with Crippen LogP contribution in [0.3, 0.4) is 0 Å². The number of carbonyl (C=O) groups excluding carboxylic acids is 1. The molecule has 2 aliphatic rings. The maximum absolute atomic E-state index is 13.1. The number of anilines is 1. The van der Waals surface area contributed by atoms with Gasteiger partial charge in [0.1, 0.15) is 5.82 Å². The number of hydrogen-bond acceptors (Lipinski definition) is 2. The average Bonchev–Trinajstić information content (AvgIpc) is 2.81. The fraction of sp³-hybridized carbons (Fsp3) is 0.400. The molecule has 2 aromatic carbocycles. The number of nitrogens with one attached hydrogen (secondary N) is 2. The molecular weight excluding hydrogens is 391 g/mol. The van der Waals surface area contributed by atoms with Crippen molar-refractivity contribution in [2.75, 3.05) is 70.3 Å². The fourth-order valence-corrected chi connectivity index (χ4v) is 4.44. The molecular formula is C25H33FN4O+2. The van der Waals surface area contributed by atoms with Gasteiger partial charge in [0.2, 0.25) is 0 Å². The van der Waals surface area contributed by atoms with Crippen molar-refractivity contribution in [3.8, 4) is 0 Å². The zero-order valence-electron chi connectivity index (χ0n) is 18.1. The van der Waals surface area contributed by atoms with Gasteiger partial charge in [-0.3, -0.25) is 4.79 Å². The second-order valence-electron chi connectivity index (χ2n) is 8.54. The van der Waals surface area contributed by atoms with Crippen molar-refractivity contribution in [2.24, 2.45) is 0 Å². The molecule has 2 fully saturated rings. The van der Waals surface area contributed by atoms with Crippen LogP contribution in [0.4, 0.5) is 10.1 Å². The molecule has 31 heavy (non-hydrogen) atoms. The summed E-state index contributed by atoms with van der Waals surface area (Å²) in [5, 5.41) is 0. The van der Waals surface area contributed by atoms with Crippen molar-refractivity contribution in [3.63, 3.8) is 0 Å². The summed E-state index contributed by atoms with van der Waals surface area (Å²) in [4.78, 5) is 20.0. The van der Waals surface area contributed by atoms with Crippen LogP contribution in [0.15, 0.2) is 60.7 Å². The highest BCUT2D eigenvalue weighted by Gasteiger charge is 2.28. The predicted octanol–water partition coefficient (Wildman–Crippen LogP) is -0.0289. The molecule has 0 saturated carbocycles. The Balaban J connectivity index is 1.16. The number of benzene rings is 2. The highest BCUT2D eigenvalue weighted by atomic mass is 19.1. The van der Waals surface area contributed by atoms with Crippen molar-refractivity contribution >= 4 is 17.7 Å². The molecule has 2 N–H and O–H groups in total. The summed E-state index contributed by atoms with van der Waals surface area (Å²) in [6, 6.07) is 17.1. The van der Waals surface area contributed by atoms with E-state index in [-0.39, 0.29) is 11.7 Å². The van der Waals surface area contributed by atoms with Crippen molar-refractivity contribution in [1.29, 1.82) is 0 Å². The number of halogens is 1. The van der Waals surface area contributed by atoms with Gasteiger partial charge < -0.3 is 19.6 Å². The highest BCUT2D eigenvalue weighted by molar-refractivity contribution is 5.77. The first-order valence-electron chi connectivity index (χ1n) is 11.3. The lowest BCUT2D eigenvalue weighted by atomic mass is 10.2. The van der Waals surface area contributed by atoms with Crippen LogP contribution in [-0.2, 0) is 4.79 Å². The molecule has 6 heteroatoms. The van der Waals surface area contributed by atoms with Gasteiger partial charge in [0.05, 0.1) is 58.9 Å². The lowest BCUT2D eigenvalue weighted by Crippen LogP contribution is -3.16. The number of amides is 1. The van der Waals surface area contributed by atoms with E-state index in [4.69, 9.17) is 0 Å². The minimum atomic E-state index is -0.201. The van der Waals surface area contributed by atoms with E-state index in [1.54, 1.807) is 0 Å². The molecule has 0 aliphatic carbocycles. The van der Waals surface area contributed by atoms with Crippen molar-refractivity contribution in [2.45, 2.75) is 0 Å². The van der Waals surface area contributed by atoms with Gasteiger partial charge in [0, 0.05) is 5.69 Å². The minimum absolute atomic E-state index is 0.201. The monoisotopic (exact) mass is 424 g/mol. The van der Waals surface area contributed by atoms with Gasteiger partial charge in [0.25, 0.3) is 5.91 Å². The van der Waals surface area contributed by atoms with Gasteiger partial charge in [-0.15, -0.1) is 0 Å². The zero-order valence-corrected chi connectivity index (χ0v) is 18.1. The van der Waals surface area contributed by atoms with Gasteiger partial charge in [-0.1, -0.05) is 36.4 Å². The van der Waals surface area contributed by atoms with Crippen molar-refractivity contribution < 1.29 is 19.0 Å². The summed E-state index contributed by atoms with van der Waals surface area (Å²) in [6.45, 7) is 9.01. The molecule has 2 saturated heterocycles. The maximum atomic E-state index is 13.1. The van der Waals surface area contributed by atoms with E-state index in [9.17, 15) is 9.18 Å². The van der Waals surface area contributed by atoms with E-state index < -0.39 is 0 Å². The van der Waals surface area contributed by atoms with Crippen LogP contribution in [0, 0.1) is 5.82 Å². The lowest BCUT2D eigenvalue weighted by molar-refractivity contribution is -0.899. The Labute approximate surface area is 184 Å². The number of piperazine rings is 2. The van der Waals surface area contributed by atoms with Gasteiger partial charge in [-0.2, -0.15) is 0 Å². The summed E-state index contributed by atoms with van der Waals surface area (Å²) in [5.74, 6) is 0.0804. The highest BCUT2D eigenvalue weighted by Crippen LogP contribution is 2.14. The molecule has 2 heterocycles. The number of nitrogens with zero attached hydrogens (tertiary/aromatic N) is 2. The minimum Gasteiger partial charge on any atom is -0.360 e. The van der Waals surface area contributed by atoms with E-state index in [0.29, 0.717) is 6.54 Å². The molecule has 0 radical (unpaired) electrons. The molecule has 0 bridgehead atoms. The van der Waals surface area contributed by atoms with E-state index in [1.807, 2.05) is 23.1 Å². The van der Waals surface area contributed by atoms with Crippen LogP contribution in [0.2, 0.25) is 0 Å². The Morgan fingerprint density at radius 3 is 2.19 bits per heavy atom. The van der Waals surface area contributed by atoms with Crippen molar-refractivity contribution in [3.05, 3.63) is 72.1 Å². The number of rotatable bonds is 6. The Morgan fingerprint density at radius 1 is 0.871 bits per heavy atom. The standard InChI is InChI=1S/C25H31FN4O/c26-23-8-10-24(11-9-23)29-17-15-28(16-18-29)21-25(31)30-19-13-27(14-20-30)12-4-7-22-5-2-1-3-6-22/h1-11H,12-21H2/p+2/b7-4+. The van der Waals surface area contributed by atoms with Gasteiger partial charge >= 0.3 is 0 Å². The molecule has 0 aromatic heterocycles. The van der Waals surface area contributed by atoms with Crippen LogP contribution in [0.25, 0.3) is 6.08 Å². The van der Waals surface area contributed by atoms with Crippen LogP contribution < -0.4 is 14.7 Å². The molecule has 1 amide bonds. The maximum Gasteiger partial charge on any atom is 0.278 e. The van der Waals surface area contributed by atoms with Gasteiger partial charge in [-0.05, 0) is 35.9 Å². The molecule has 164 valence electrons. The quantitative estimate of drug-likeness (QED) is 0.683. The largest absolute Gasteiger partial charge is 0.360 e. The molecule has 0 spiro atoms. The van der Waals surface area contributed by atoms with Gasteiger partial charge in [0.15, 0.2) is 6.54 Å². The van der Waals surface area contributed by atoms with Crippen LogP contribution in [0.1, 0.15) is 5.56 Å². The third-order valence-electron chi connectivity index (χ3n) is 6.40. The first-order chi connectivity index (χ1) is 15.2. The van der Waals surface area contributed by atoms with E-state index in [2.05, 4.69) is 41.3 Å². The second-order valence-corrected chi connectivity index (χ2v) is 8.54. The molecule has 5 nitrogen and oxygen atoms in total. The second kappa shape index (κ2) is 10.6.